The first kappa shape index (κ1) is 13.9. The average Bonchev–Trinajstić information content (AvgIpc) is 2.71. The molecule has 1 heterocycles. The maximum atomic E-state index is 12.0. The molecule has 1 amide bonds. The van der Waals surface area contributed by atoms with Gasteiger partial charge >= 0.3 is 6.61 Å². The van der Waals surface area contributed by atoms with E-state index in [2.05, 4.69) is 15.4 Å². The van der Waals surface area contributed by atoms with Crippen molar-refractivity contribution < 1.29 is 18.3 Å². The maximum absolute atomic E-state index is 12.0. The Balaban J connectivity index is 2.48. The number of carbonyl (C=O) groups is 1. The van der Waals surface area contributed by atoms with Crippen LogP contribution in [0.25, 0.3) is 0 Å². The Labute approximate surface area is 102 Å². The first-order valence-corrected chi connectivity index (χ1v) is 6.04. The minimum Gasteiger partial charge on any atom is -0.433 e. The monoisotopic (exact) mass is 264 g/mol. The van der Waals surface area contributed by atoms with E-state index in [-0.39, 0.29) is 10.6 Å². The Morgan fingerprint density at radius 1 is 1.53 bits per heavy atom. The molecule has 0 aliphatic rings. The van der Waals surface area contributed by atoms with E-state index in [1.54, 1.807) is 0 Å². The van der Waals surface area contributed by atoms with Gasteiger partial charge in [0.25, 0.3) is 5.91 Å². The number of ether oxygens (including phenoxy) is 1. The number of rotatable bonds is 7. The number of alkyl halides is 2. The van der Waals surface area contributed by atoms with Gasteiger partial charge in [-0.3, -0.25) is 4.79 Å². The lowest BCUT2D eigenvalue weighted by molar-refractivity contribution is -0.0498. The number of nitrogens with one attached hydrogen (secondary N) is 2. The smallest absolute Gasteiger partial charge is 0.387 e. The molecule has 0 atom stereocenters. The van der Waals surface area contributed by atoms with Gasteiger partial charge in [-0.25, -0.2) is 0 Å². The number of hydrogen-bond donors (Lipinski definition) is 2. The topological polar surface area (TPSA) is 50.4 Å². The fourth-order valence-electron chi connectivity index (χ4n) is 1.17. The van der Waals surface area contributed by atoms with Gasteiger partial charge in [0.1, 0.15) is 10.6 Å². The third-order valence-electron chi connectivity index (χ3n) is 1.89. The highest BCUT2D eigenvalue weighted by molar-refractivity contribution is 7.12. The van der Waals surface area contributed by atoms with Gasteiger partial charge in [-0.2, -0.15) is 8.78 Å². The van der Waals surface area contributed by atoms with Gasteiger partial charge in [0.2, 0.25) is 0 Å². The lowest BCUT2D eigenvalue weighted by Gasteiger charge is -2.07. The van der Waals surface area contributed by atoms with Crippen LogP contribution in [0.4, 0.5) is 8.78 Å². The molecule has 0 aromatic carbocycles. The summed E-state index contributed by atoms with van der Waals surface area (Å²) in [5, 5.41) is 7.19. The van der Waals surface area contributed by atoms with E-state index in [1.165, 1.54) is 11.4 Å². The van der Waals surface area contributed by atoms with Crippen LogP contribution in [0.5, 0.6) is 5.75 Å². The van der Waals surface area contributed by atoms with E-state index in [0.717, 1.165) is 17.9 Å². The Bertz CT molecular complexity index is 358. The molecule has 0 aliphatic heterocycles. The molecule has 17 heavy (non-hydrogen) atoms. The van der Waals surface area contributed by atoms with E-state index >= 15 is 0 Å². The van der Waals surface area contributed by atoms with Crippen molar-refractivity contribution >= 4 is 17.2 Å². The minimum absolute atomic E-state index is 0.0778. The van der Waals surface area contributed by atoms with Crippen LogP contribution < -0.4 is 15.4 Å². The molecule has 1 aromatic rings. The molecule has 1 aromatic heterocycles. The summed E-state index contributed by atoms with van der Waals surface area (Å²) < 4.78 is 28.3. The third kappa shape index (κ3) is 4.66. The summed E-state index contributed by atoms with van der Waals surface area (Å²) >= 11 is 1.07. The van der Waals surface area contributed by atoms with Gasteiger partial charge in [-0.15, -0.1) is 11.3 Å². The zero-order chi connectivity index (χ0) is 12.7. The van der Waals surface area contributed by atoms with E-state index < -0.39 is 12.5 Å². The Morgan fingerprint density at radius 2 is 2.29 bits per heavy atom. The largest absolute Gasteiger partial charge is 0.433 e. The maximum Gasteiger partial charge on any atom is 0.387 e. The average molecular weight is 264 g/mol. The number of amides is 1. The van der Waals surface area contributed by atoms with E-state index in [0.29, 0.717) is 13.1 Å². The van der Waals surface area contributed by atoms with Crippen molar-refractivity contribution in [3.8, 4) is 5.75 Å². The summed E-state index contributed by atoms with van der Waals surface area (Å²) in [5.74, 6) is -0.473. The Hall–Kier alpha value is -1.21. The molecule has 0 saturated carbocycles. The van der Waals surface area contributed by atoms with Crippen LogP contribution in [0.3, 0.4) is 0 Å². The normalized spacial score (nSPS) is 10.6. The molecule has 0 aliphatic carbocycles. The molecule has 7 heteroatoms. The van der Waals surface area contributed by atoms with Crippen LogP contribution in [-0.2, 0) is 0 Å². The van der Waals surface area contributed by atoms with Crippen molar-refractivity contribution in [2.24, 2.45) is 0 Å². The number of likely N-dealkylation sites (N-methyl/N-ethyl adjacent to an activating group) is 1. The first-order valence-electron chi connectivity index (χ1n) is 5.16. The lowest BCUT2D eigenvalue weighted by Crippen LogP contribution is -2.31. The summed E-state index contributed by atoms with van der Waals surface area (Å²) in [6, 6.07) is 1.36. The van der Waals surface area contributed by atoms with Crippen molar-refractivity contribution in [1.29, 1.82) is 0 Å². The number of hydrogen-bond acceptors (Lipinski definition) is 4. The van der Waals surface area contributed by atoms with Crippen LogP contribution in [0.1, 0.15) is 16.6 Å². The van der Waals surface area contributed by atoms with Gasteiger partial charge in [-0.1, -0.05) is 6.92 Å². The molecule has 4 nitrogen and oxygen atoms in total. The Kier molecular flexibility index (Phi) is 5.85. The molecule has 0 unspecified atom stereocenters. The molecule has 1 rings (SSSR count). The van der Waals surface area contributed by atoms with Crippen LogP contribution >= 0.6 is 11.3 Å². The van der Waals surface area contributed by atoms with Crippen molar-refractivity contribution in [1.82, 2.24) is 10.6 Å². The second-order valence-electron chi connectivity index (χ2n) is 3.10. The van der Waals surface area contributed by atoms with Gasteiger partial charge in [0.15, 0.2) is 0 Å². The van der Waals surface area contributed by atoms with Gasteiger partial charge in [0, 0.05) is 13.1 Å². The van der Waals surface area contributed by atoms with Crippen molar-refractivity contribution in [3.63, 3.8) is 0 Å². The number of carbonyl (C=O) groups excluding carboxylic acids is 1. The Morgan fingerprint density at radius 3 is 2.94 bits per heavy atom. The number of thiophene rings is 1. The molecule has 0 radical (unpaired) electrons. The van der Waals surface area contributed by atoms with E-state index in [1.807, 2.05) is 6.92 Å². The van der Waals surface area contributed by atoms with Crippen molar-refractivity contribution in [2.75, 3.05) is 19.6 Å². The molecular weight excluding hydrogens is 250 g/mol. The molecule has 96 valence electrons. The predicted molar refractivity (Wildman–Crippen MR) is 61.8 cm³/mol. The molecule has 2 N–H and O–H groups in total. The highest BCUT2D eigenvalue weighted by Gasteiger charge is 2.16. The van der Waals surface area contributed by atoms with Gasteiger partial charge in [-0.05, 0) is 18.0 Å². The SMILES string of the molecule is CCNCCNC(=O)c1sccc1OC(F)F. The zero-order valence-corrected chi connectivity index (χ0v) is 10.2. The molecule has 0 spiro atoms. The minimum atomic E-state index is -2.92. The summed E-state index contributed by atoms with van der Waals surface area (Å²) in [6.07, 6.45) is 0. The van der Waals surface area contributed by atoms with Gasteiger partial charge in [0.05, 0.1) is 0 Å². The van der Waals surface area contributed by atoms with Crippen LogP contribution in [0, 0.1) is 0 Å². The van der Waals surface area contributed by atoms with Crippen molar-refractivity contribution in [2.45, 2.75) is 13.5 Å². The summed E-state index contributed by atoms with van der Waals surface area (Å²) in [4.78, 5) is 11.8. The lowest BCUT2D eigenvalue weighted by atomic mass is 10.4. The highest BCUT2D eigenvalue weighted by Crippen LogP contribution is 2.26. The van der Waals surface area contributed by atoms with Gasteiger partial charge < -0.3 is 15.4 Å². The zero-order valence-electron chi connectivity index (χ0n) is 9.33. The molecule has 0 fully saturated rings. The third-order valence-corrected chi connectivity index (χ3v) is 2.78. The molecule has 0 saturated heterocycles. The quantitative estimate of drug-likeness (QED) is 0.737. The second kappa shape index (κ2) is 7.18. The summed E-state index contributed by atoms with van der Waals surface area (Å²) in [7, 11) is 0. The fourth-order valence-corrected chi connectivity index (χ4v) is 1.91. The van der Waals surface area contributed by atoms with Crippen molar-refractivity contribution in [3.05, 3.63) is 16.3 Å². The van der Waals surface area contributed by atoms with Crippen LogP contribution in [0.15, 0.2) is 11.4 Å². The molecule has 0 bridgehead atoms. The fraction of sp³-hybridized carbons (Fsp3) is 0.500. The summed E-state index contributed by atoms with van der Waals surface area (Å²) in [6.45, 7) is 0.930. The van der Waals surface area contributed by atoms with E-state index in [4.69, 9.17) is 0 Å². The predicted octanol–water partition coefficient (Wildman–Crippen LogP) is 1.69. The van der Waals surface area contributed by atoms with E-state index in [9.17, 15) is 13.6 Å². The highest BCUT2D eigenvalue weighted by atomic mass is 32.1. The van der Waals surface area contributed by atoms with Crippen LogP contribution in [-0.4, -0.2) is 32.2 Å². The standard InChI is InChI=1S/C10H14F2N2O2S/c1-2-13-4-5-14-9(15)8-7(3-6-17-8)16-10(11)12/h3,6,10,13H,2,4-5H2,1H3,(H,14,15). The second-order valence-corrected chi connectivity index (χ2v) is 4.02. The number of halogens is 2. The molecular formula is C10H14F2N2O2S. The van der Waals surface area contributed by atoms with Crippen LogP contribution in [0.2, 0.25) is 0 Å². The summed E-state index contributed by atoms with van der Waals surface area (Å²) in [5.41, 5.74) is 0. The first-order chi connectivity index (χ1) is 8.15.